The Morgan fingerprint density at radius 3 is 2.43 bits per heavy atom. The Labute approximate surface area is 165 Å². The number of nitrogens with zero attached hydrogens (tertiary/aromatic N) is 1. The van der Waals surface area contributed by atoms with E-state index in [0.29, 0.717) is 29.9 Å². The number of imide groups is 1. The lowest BCUT2D eigenvalue weighted by molar-refractivity contribution is -0.121. The monoisotopic (exact) mass is 394 g/mol. The van der Waals surface area contributed by atoms with Gasteiger partial charge in [-0.15, -0.1) is 11.3 Å². The van der Waals surface area contributed by atoms with Crippen molar-refractivity contribution < 1.29 is 18.8 Å². The zero-order valence-electron chi connectivity index (χ0n) is 15.0. The molecule has 0 saturated heterocycles. The standard InChI is InChI=1S/C21H18N2O4S/c24-19(22-13-14-9-10-17(27-14)18-7-4-12-28-18)8-3-11-23-20(25)15-5-1-2-6-16(15)21(23)26/h1-2,4-7,9-10,12H,3,8,11,13H2,(H,22,24). The number of furan rings is 1. The zero-order chi connectivity index (χ0) is 19.5. The van der Waals surface area contributed by atoms with E-state index in [-0.39, 0.29) is 30.7 Å². The minimum Gasteiger partial charge on any atom is -0.458 e. The number of thiophene rings is 1. The molecule has 2 aromatic heterocycles. The van der Waals surface area contributed by atoms with Crippen LogP contribution in [-0.4, -0.2) is 29.2 Å². The lowest BCUT2D eigenvalue weighted by atomic mass is 10.1. The molecule has 7 heteroatoms. The lowest BCUT2D eigenvalue weighted by Gasteiger charge is -2.13. The third-order valence-electron chi connectivity index (χ3n) is 4.55. The largest absolute Gasteiger partial charge is 0.458 e. The van der Waals surface area contributed by atoms with Crippen LogP contribution in [-0.2, 0) is 11.3 Å². The average Bonchev–Trinajstić information content (AvgIpc) is 3.44. The Morgan fingerprint density at radius 1 is 1.00 bits per heavy atom. The first kappa shape index (κ1) is 18.2. The van der Waals surface area contributed by atoms with Gasteiger partial charge in [-0.2, -0.15) is 0 Å². The summed E-state index contributed by atoms with van der Waals surface area (Å²) in [6, 6.07) is 14.4. The van der Waals surface area contributed by atoms with Crippen molar-refractivity contribution in [2.24, 2.45) is 0 Å². The number of benzene rings is 1. The Hall–Kier alpha value is -3.19. The molecule has 1 aromatic carbocycles. The van der Waals surface area contributed by atoms with Crippen molar-refractivity contribution in [1.82, 2.24) is 10.2 Å². The van der Waals surface area contributed by atoms with Gasteiger partial charge in [0, 0.05) is 13.0 Å². The van der Waals surface area contributed by atoms with Crippen LogP contribution in [0.5, 0.6) is 0 Å². The molecule has 0 fully saturated rings. The topological polar surface area (TPSA) is 79.6 Å². The molecule has 28 heavy (non-hydrogen) atoms. The van der Waals surface area contributed by atoms with Gasteiger partial charge in [-0.3, -0.25) is 19.3 Å². The van der Waals surface area contributed by atoms with Crippen molar-refractivity contribution in [3.63, 3.8) is 0 Å². The molecule has 0 atom stereocenters. The minimum atomic E-state index is -0.294. The van der Waals surface area contributed by atoms with E-state index in [0.717, 1.165) is 10.6 Å². The molecule has 0 saturated carbocycles. The second-order valence-corrected chi connectivity index (χ2v) is 7.38. The van der Waals surface area contributed by atoms with Crippen molar-refractivity contribution in [3.8, 4) is 10.6 Å². The Morgan fingerprint density at radius 2 is 1.75 bits per heavy atom. The molecule has 3 amide bonds. The molecule has 0 unspecified atom stereocenters. The summed E-state index contributed by atoms with van der Waals surface area (Å²) in [5, 5.41) is 4.78. The fraction of sp³-hybridized carbons (Fsp3) is 0.190. The number of hydrogen-bond acceptors (Lipinski definition) is 5. The van der Waals surface area contributed by atoms with Crippen molar-refractivity contribution >= 4 is 29.1 Å². The number of carbonyl (C=O) groups excluding carboxylic acids is 3. The molecular weight excluding hydrogens is 376 g/mol. The van der Waals surface area contributed by atoms with Crippen LogP contribution in [0.4, 0.5) is 0 Å². The van der Waals surface area contributed by atoms with Gasteiger partial charge in [0.15, 0.2) is 0 Å². The van der Waals surface area contributed by atoms with Gasteiger partial charge in [-0.05, 0) is 42.1 Å². The van der Waals surface area contributed by atoms with E-state index in [1.54, 1.807) is 35.6 Å². The predicted octanol–water partition coefficient (Wildman–Crippen LogP) is 3.70. The fourth-order valence-electron chi connectivity index (χ4n) is 3.14. The highest BCUT2D eigenvalue weighted by Crippen LogP contribution is 2.26. The van der Waals surface area contributed by atoms with E-state index in [1.807, 2.05) is 29.6 Å². The molecular formula is C21H18N2O4S. The highest BCUT2D eigenvalue weighted by molar-refractivity contribution is 7.13. The number of rotatable bonds is 7. The van der Waals surface area contributed by atoms with Gasteiger partial charge in [0.1, 0.15) is 11.5 Å². The summed E-state index contributed by atoms with van der Waals surface area (Å²) in [6.45, 7) is 0.528. The van der Waals surface area contributed by atoms with Gasteiger partial charge < -0.3 is 9.73 Å². The summed E-state index contributed by atoms with van der Waals surface area (Å²) in [5.74, 6) is 0.725. The van der Waals surface area contributed by atoms with Gasteiger partial charge in [0.25, 0.3) is 11.8 Å². The smallest absolute Gasteiger partial charge is 0.261 e. The van der Waals surface area contributed by atoms with Crippen LogP contribution in [0.2, 0.25) is 0 Å². The first-order chi connectivity index (χ1) is 13.6. The van der Waals surface area contributed by atoms with Crippen LogP contribution in [0.3, 0.4) is 0 Å². The number of amides is 3. The molecule has 3 aromatic rings. The zero-order valence-corrected chi connectivity index (χ0v) is 15.8. The number of nitrogens with one attached hydrogen (secondary N) is 1. The van der Waals surface area contributed by atoms with E-state index in [9.17, 15) is 14.4 Å². The second-order valence-electron chi connectivity index (χ2n) is 6.43. The summed E-state index contributed by atoms with van der Waals surface area (Å²) in [6.07, 6.45) is 0.641. The van der Waals surface area contributed by atoms with Crippen LogP contribution >= 0.6 is 11.3 Å². The highest BCUT2D eigenvalue weighted by Gasteiger charge is 2.34. The number of fused-ring (bicyclic) bond motifs is 1. The fourth-order valence-corrected chi connectivity index (χ4v) is 3.82. The van der Waals surface area contributed by atoms with E-state index >= 15 is 0 Å². The van der Waals surface area contributed by atoms with Crippen LogP contribution < -0.4 is 5.32 Å². The highest BCUT2D eigenvalue weighted by atomic mass is 32.1. The van der Waals surface area contributed by atoms with Gasteiger partial charge in [0.05, 0.1) is 22.5 Å². The van der Waals surface area contributed by atoms with Gasteiger partial charge in [-0.25, -0.2) is 0 Å². The molecule has 1 aliphatic rings. The summed E-state index contributed by atoms with van der Waals surface area (Å²) < 4.78 is 5.73. The second kappa shape index (κ2) is 7.82. The van der Waals surface area contributed by atoms with Crippen LogP contribution in [0, 0.1) is 0 Å². The Balaban J connectivity index is 1.24. The molecule has 0 spiro atoms. The summed E-state index contributed by atoms with van der Waals surface area (Å²) >= 11 is 1.59. The van der Waals surface area contributed by atoms with Crippen LogP contribution in [0.15, 0.2) is 58.3 Å². The van der Waals surface area contributed by atoms with Crippen LogP contribution in [0.1, 0.15) is 39.3 Å². The first-order valence-corrected chi connectivity index (χ1v) is 9.86. The Kier molecular flexibility index (Phi) is 5.08. The van der Waals surface area contributed by atoms with Crippen molar-refractivity contribution in [3.05, 3.63) is 70.8 Å². The molecule has 142 valence electrons. The van der Waals surface area contributed by atoms with E-state index in [4.69, 9.17) is 4.42 Å². The quantitative estimate of drug-likeness (QED) is 0.620. The minimum absolute atomic E-state index is 0.148. The Bertz CT molecular complexity index is 988. The van der Waals surface area contributed by atoms with Crippen molar-refractivity contribution in [2.75, 3.05) is 6.54 Å². The number of hydrogen-bond donors (Lipinski definition) is 1. The number of carbonyl (C=O) groups is 3. The third-order valence-corrected chi connectivity index (χ3v) is 5.43. The lowest BCUT2D eigenvalue weighted by Crippen LogP contribution is -2.32. The predicted molar refractivity (Wildman–Crippen MR) is 105 cm³/mol. The molecule has 0 radical (unpaired) electrons. The van der Waals surface area contributed by atoms with Crippen molar-refractivity contribution in [2.45, 2.75) is 19.4 Å². The van der Waals surface area contributed by atoms with Gasteiger partial charge >= 0.3 is 0 Å². The average molecular weight is 394 g/mol. The molecule has 1 aliphatic heterocycles. The normalized spacial score (nSPS) is 13.1. The molecule has 0 bridgehead atoms. The molecule has 4 rings (SSSR count). The van der Waals surface area contributed by atoms with Gasteiger partial charge in [-0.1, -0.05) is 18.2 Å². The summed E-state index contributed by atoms with van der Waals surface area (Å²) in [7, 11) is 0. The van der Waals surface area contributed by atoms with E-state index in [1.165, 1.54) is 4.90 Å². The molecule has 3 heterocycles. The molecule has 0 aliphatic carbocycles. The molecule has 1 N–H and O–H groups in total. The maximum atomic E-state index is 12.3. The van der Waals surface area contributed by atoms with Gasteiger partial charge in [0.2, 0.25) is 5.91 Å². The third kappa shape index (κ3) is 3.61. The van der Waals surface area contributed by atoms with Crippen molar-refractivity contribution in [1.29, 1.82) is 0 Å². The maximum Gasteiger partial charge on any atom is 0.261 e. The van der Waals surface area contributed by atoms with E-state index < -0.39 is 0 Å². The van der Waals surface area contributed by atoms with E-state index in [2.05, 4.69) is 5.32 Å². The SMILES string of the molecule is O=C(CCCN1C(=O)c2ccccc2C1=O)NCc1ccc(-c2cccs2)o1. The maximum absolute atomic E-state index is 12.3. The van der Waals surface area contributed by atoms with Crippen LogP contribution in [0.25, 0.3) is 10.6 Å². The molecule has 6 nitrogen and oxygen atoms in total. The first-order valence-electron chi connectivity index (χ1n) is 8.98. The summed E-state index contributed by atoms with van der Waals surface area (Å²) in [4.78, 5) is 38.9. The summed E-state index contributed by atoms with van der Waals surface area (Å²) in [5.41, 5.74) is 0.854.